The van der Waals surface area contributed by atoms with Gasteiger partial charge in [-0.3, -0.25) is 4.79 Å². The summed E-state index contributed by atoms with van der Waals surface area (Å²) in [7, 11) is 0. The summed E-state index contributed by atoms with van der Waals surface area (Å²) in [6, 6.07) is 0. The number of allylic oxidation sites excluding steroid dienone is 8. The lowest BCUT2D eigenvalue weighted by molar-refractivity contribution is -0.137. The second kappa shape index (κ2) is 9.82. The predicted molar refractivity (Wildman–Crippen MR) is 92.6 cm³/mol. The van der Waals surface area contributed by atoms with Crippen molar-refractivity contribution in [3.8, 4) is 0 Å². The molecule has 120 valence electrons. The Bertz CT molecular complexity index is 522. The van der Waals surface area contributed by atoms with Crippen molar-refractivity contribution in [2.75, 3.05) is 6.54 Å². The number of nitrogens with one attached hydrogen (secondary N) is 1. The van der Waals surface area contributed by atoms with Gasteiger partial charge in [-0.15, -0.1) is 0 Å². The minimum Gasteiger partial charge on any atom is -0.481 e. The summed E-state index contributed by atoms with van der Waals surface area (Å²) >= 11 is 0. The molecule has 1 rings (SSSR count). The average molecular weight is 301 g/mol. The maximum atomic E-state index is 10.5. The monoisotopic (exact) mass is 301 g/mol. The standard InChI is InChI=1S/C19H27NO2/c1-4-6-9-18-15(3)11-12-16(18)13-14-20-17(5-2)8-7-10-19(21)22/h4-6,9,12,20H,1,7-8,10-11,13-14H2,2-3H3,(H,21,22)/b9-6-,17-5?. The molecule has 0 fully saturated rings. The van der Waals surface area contributed by atoms with Gasteiger partial charge in [0.25, 0.3) is 0 Å². The van der Waals surface area contributed by atoms with Crippen LogP contribution in [-0.2, 0) is 4.79 Å². The maximum Gasteiger partial charge on any atom is 0.303 e. The van der Waals surface area contributed by atoms with Gasteiger partial charge < -0.3 is 10.4 Å². The minimum atomic E-state index is -0.731. The summed E-state index contributed by atoms with van der Waals surface area (Å²) in [5.74, 6) is -0.731. The van der Waals surface area contributed by atoms with Crippen LogP contribution in [-0.4, -0.2) is 17.6 Å². The molecule has 22 heavy (non-hydrogen) atoms. The number of hydrogen-bond acceptors (Lipinski definition) is 2. The highest BCUT2D eigenvalue weighted by Gasteiger charge is 2.11. The van der Waals surface area contributed by atoms with E-state index in [0.29, 0.717) is 6.42 Å². The predicted octanol–water partition coefficient (Wildman–Crippen LogP) is 4.51. The second-order valence-corrected chi connectivity index (χ2v) is 5.46. The third-order valence-electron chi connectivity index (χ3n) is 3.79. The molecular formula is C19H27NO2. The Labute approximate surface area is 133 Å². The van der Waals surface area contributed by atoms with E-state index in [-0.39, 0.29) is 6.42 Å². The highest BCUT2D eigenvalue weighted by Crippen LogP contribution is 2.29. The van der Waals surface area contributed by atoms with E-state index in [2.05, 4.69) is 31.0 Å². The smallest absolute Gasteiger partial charge is 0.303 e. The van der Waals surface area contributed by atoms with Gasteiger partial charge in [-0.1, -0.05) is 42.5 Å². The van der Waals surface area contributed by atoms with Crippen LogP contribution in [0.2, 0.25) is 0 Å². The van der Waals surface area contributed by atoms with Gasteiger partial charge in [0, 0.05) is 18.7 Å². The number of hydrogen-bond donors (Lipinski definition) is 2. The Kier molecular flexibility index (Phi) is 8.05. The molecule has 0 bridgehead atoms. The molecule has 0 amide bonds. The third kappa shape index (κ3) is 6.17. The molecule has 0 saturated carbocycles. The van der Waals surface area contributed by atoms with Crippen LogP contribution < -0.4 is 5.32 Å². The van der Waals surface area contributed by atoms with Crippen LogP contribution in [0.4, 0.5) is 0 Å². The molecule has 0 spiro atoms. The van der Waals surface area contributed by atoms with Crippen LogP contribution in [0.5, 0.6) is 0 Å². The minimum absolute atomic E-state index is 0.225. The molecule has 0 unspecified atom stereocenters. The summed E-state index contributed by atoms with van der Waals surface area (Å²) in [6.45, 7) is 8.75. The molecule has 0 aromatic rings. The number of aliphatic carboxylic acids is 1. The Hall–Kier alpha value is -2.03. The molecule has 0 radical (unpaired) electrons. The molecule has 0 aromatic heterocycles. The van der Waals surface area contributed by atoms with Crippen LogP contribution in [0.3, 0.4) is 0 Å². The molecule has 3 heteroatoms. The fraction of sp³-hybridized carbons (Fsp3) is 0.421. The zero-order chi connectivity index (χ0) is 16.4. The molecule has 0 atom stereocenters. The number of carbonyl (C=O) groups is 1. The maximum absolute atomic E-state index is 10.5. The molecule has 3 nitrogen and oxygen atoms in total. The fourth-order valence-corrected chi connectivity index (χ4v) is 2.54. The molecule has 0 aromatic carbocycles. The third-order valence-corrected chi connectivity index (χ3v) is 3.79. The van der Waals surface area contributed by atoms with Crippen LogP contribution in [0, 0.1) is 0 Å². The second-order valence-electron chi connectivity index (χ2n) is 5.46. The van der Waals surface area contributed by atoms with E-state index in [9.17, 15) is 4.79 Å². The van der Waals surface area contributed by atoms with Crippen molar-refractivity contribution in [3.05, 3.63) is 59.4 Å². The SMILES string of the molecule is C=C/C=C\C1=C(C)CC=C1CCNC(=CC)CCCC(=O)O. The van der Waals surface area contributed by atoms with Gasteiger partial charge in [-0.05, 0) is 50.7 Å². The van der Waals surface area contributed by atoms with Crippen molar-refractivity contribution in [2.24, 2.45) is 0 Å². The first kappa shape index (κ1) is 18.0. The Morgan fingerprint density at radius 1 is 1.45 bits per heavy atom. The van der Waals surface area contributed by atoms with Crippen LogP contribution in [0.25, 0.3) is 0 Å². The number of rotatable bonds is 10. The van der Waals surface area contributed by atoms with Crippen molar-refractivity contribution < 1.29 is 9.90 Å². The molecule has 0 saturated heterocycles. The largest absolute Gasteiger partial charge is 0.481 e. The zero-order valence-electron chi connectivity index (χ0n) is 13.7. The van der Waals surface area contributed by atoms with Crippen molar-refractivity contribution in [1.29, 1.82) is 0 Å². The zero-order valence-corrected chi connectivity index (χ0v) is 13.7. The van der Waals surface area contributed by atoms with E-state index in [1.165, 1.54) is 16.7 Å². The summed E-state index contributed by atoms with van der Waals surface area (Å²) in [5, 5.41) is 12.1. The first-order valence-electron chi connectivity index (χ1n) is 7.87. The Balaban J connectivity index is 2.41. The first-order valence-corrected chi connectivity index (χ1v) is 7.87. The molecule has 0 aliphatic heterocycles. The van der Waals surface area contributed by atoms with Crippen molar-refractivity contribution in [2.45, 2.75) is 46.0 Å². The van der Waals surface area contributed by atoms with E-state index in [1.54, 1.807) is 6.08 Å². The van der Waals surface area contributed by atoms with Gasteiger partial charge in [-0.25, -0.2) is 0 Å². The van der Waals surface area contributed by atoms with E-state index in [0.717, 1.165) is 31.5 Å². The summed E-state index contributed by atoms with van der Waals surface area (Å²) in [4.78, 5) is 10.5. The van der Waals surface area contributed by atoms with Gasteiger partial charge in [-0.2, -0.15) is 0 Å². The summed E-state index contributed by atoms with van der Waals surface area (Å²) < 4.78 is 0. The molecule has 1 aliphatic rings. The van der Waals surface area contributed by atoms with Gasteiger partial charge in [0.05, 0.1) is 0 Å². The van der Waals surface area contributed by atoms with Gasteiger partial charge in [0.2, 0.25) is 0 Å². The quantitative estimate of drug-likeness (QED) is 0.583. The van der Waals surface area contributed by atoms with Crippen LogP contribution in [0.15, 0.2) is 59.4 Å². The van der Waals surface area contributed by atoms with Gasteiger partial charge in [0.15, 0.2) is 0 Å². The van der Waals surface area contributed by atoms with E-state index >= 15 is 0 Å². The van der Waals surface area contributed by atoms with E-state index in [4.69, 9.17) is 5.11 Å². The average Bonchev–Trinajstić information content (AvgIpc) is 2.83. The molecule has 0 heterocycles. The molecule has 1 aliphatic carbocycles. The Morgan fingerprint density at radius 2 is 2.23 bits per heavy atom. The van der Waals surface area contributed by atoms with E-state index < -0.39 is 5.97 Å². The van der Waals surface area contributed by atoms with Crippen molar-refractivity contribution >= 4 is 5.97 Å². The van der Waals surface area contributed by atoms with Crippen molar-refractivity contribution in [3.63, 3.8) is 0 Å². The normalized spacial score (nSPS) is 15.4. The lowest BCUT2D eigenvalue weighted by Crippen LogP contribution is -2.15. The lowest BCUT2D eigenvalue weighted by Gasteiger charge is -2.12. The number of carboxylic acid groups (broad SMARTS) is 1. The summed E-state index contributed by atoms with van der Waals surface area (Å²) in [5.41, 5.74) is 5.24. The molecular weight excluding hydrogens is 274 g/mol. The fourth-order valence-electron chi connectivity index (χ4n) is 2.54. The Morgan fingerprint density at radius 3 is 2.86 bits per heavy atom. The highest BCUT2D eigenvalue weighted by atomic mass is 16.4. The van der Waals surface area contributed by atoms with Gasteiger partial charge >= 0.3 is 5.97 Å². The van der Waals surface area contributed by atoms with Crippen LogP contribution in [0.1, 0.15) is 46.0 Å². The van der Waals surface area contributed by atoms with Crippen molar-refractivity contribution in [1.82, 2.24) is 5.32 Å². The lowest BCUT2D eigenvalue weighted by atomic mass is 10.0. The summed E-state index contributed by atoms with van der Waals surface area (Å²) in [6.07, 6.45) is 13.9. The van der Waals surface area contributed by atoms with Gasteiger partial charge in [0.1, 0.15) is 0 Å². The number of carboxylic acids is 1. The highest BCUT2D eigenvalue weighted by molar-refractivity contribution is 5.66. The first-order chi connectivity index (χ1) is 10.6. The molecule has 2 N–H and O–H groups in total. The van der Waals surface area contributed by atoms with Crippen LogP contribution >= 0.6 is 0 Å². The van der Waals surface area contributed by atoms with E-state index in [1.807, 2.05) is 19.1 Å². The topological polar surface area (TPSA) is 49.3 Å².